The molecule has 78 valence electrons. The number of carboxylic acids is 1. The van der Waals surface area contributed by atoms with E-state index in [1.54, 1.807) is 6.92 Å². The predicted molar refractivity (Wildman–Crippen MR) is 42.8 cm³/mol. The van der Waals surface area contributed by atoms with Gasteiger partial charge < -0.3 is 5.11 Å². The Labute approximate surface area is 79.5 Å². The number of imide groups is 1. The zero-order valence-corrected chi connectivity index (χ0v) is 7.57. The second kappa shape index (κ2) is 3.73. The first-order valence-electron chi connectivity index (χ1n) is 4.15. The Bertz CT molecular complexity index is 273. The van der Waals surface area contributed by atoms with E-state index in [9.17, 15) is 18.8 Å². The molecule has 1 N–H and O–H groups in total. The molecule has 1 saturated heterocycles. The van der Waals surface area contributed by atoms with Gasteiger partial charge in [-0.05, 0) is 5.92 Å². The van der Waals surface area contributed by atoms with Crippen molar-refractivity contribution in [1.82, 2.24) is 4.90 Å². The Balaban J connectivity index is 2.82. The number of carboxylic acid groups (broad SMARTS) is 1. The molecular formula is C8H10FNO4. The number of halogens is 1. The molecule has 1 rings (SSSR count). The number of hydrogen-bond donors (Lipinski definition) is 1. The molecule has 14 heavy (non-hydrogen) atoms. The number of carbonyl (C=O) groups is 3. The summed E-state index contributed by atoms with van der Waals surface area (Å²) in [6, 6.07) is 0. The molecule has 1 atom stereocenters. The highest BCUT2D eigenvalue weighted by Crippen LogP contribution is 2.21. The van der Waals surface area contributed by atoms with Crippen molar-refractivity contribution in [3.8, 4) is 0 Å². The van der Waals surface area contributed by atoms with Crippen LogP contribution >= 0.6 is 0 Å². The highest BCUT2D eigenvalue weighted by atomic mass is 19.1. The van der Waals surface area contributed by atoms with E-state index in [-0.39, 0.29) is 23.7 Å². The summed E-state index contributed by atoms with van der Waals surface area (Å²) in [4.78, 5) is 32.8. The highest BCUT2D eigenvalue weighted by molar-refractivity contribution is 6.00. The molecule has 0 aromatic rings. The van der Waals surface area contributed by atoms with Crippen molar-refractivity contribution < 1.29 is 23.9 Å². The van der Waals surface area contributed by atoms with Gasteiger partial charge in [0.1, 0.15) is 0 Å². The van der Waals surface area contributed by atoms with Gasteiger partial charge in [0.2, 0.25) is 11.8 Å². The minimum Gasteiger partial charge on any atom is -0.478 e. The van der Waals surface area contributed by atoms with Crippen LogP contribution in [0.15, 0.2) is 0 Å². The molecule has 0 aromatic carbocycles. The maximum atomic E-state index is 12.9. The van der Waals surface area contributed by atoms with Crippen LogP contribution in [0, 0.1) is 5.92 Å². The van der Waals surface area contributed by atoms with E-state index in [2.05, 4.69) is 0 Å². The van der Waals surface area contributed by atoms with Gasteiger partial charge in [-0.1, -0.05) is 6.92 Å². The van der Waals surface area contributed by atoms with Gasteiger partial charge in [0.05, 0.1) is 0 Å². The monoisotopic (exact) mass is 203 g/mol. The molecule has 1 unspecified atom stereocenters. The fourth-order valence-corrected chi connectivity index (χ4v) is 1.37. The highest BCUT2D eigenvalue weighted by Gasteiger charge is 2.38. The van der Waals surface area contributed by atoms with Crippen LogP contribution in [-0.4, -0.2) is 34.1 Å². The van der Waals surface area contributed by atoms with Gasteiger partial charge in [-0.15, -0.1) is 0 Å². The first-order valence-corrected chi connectivity index (χ1v) is 4.15. The number of piperidine rings is 1. The maximum absolute atomic E-state index is 12.9. The van der Waals surface area contributed by atoms with Crippen molar-refractivity contribution in [2.45, 2.75) is 26.1 Å². The largest absolute Gasteiger partial charge is 0.478 e. The van der Waals surface area contributed by atoms with Crippen LogP contribution in [-0.2, 0) is 14.4 Å². The smallest absolute Gasteiger partial charge is 0.360 e. The van der Waals surface area contributed by atoms with E-state index in [0.29, 0.717) is 0 Å². The number of likely N-dealkylation sites (tertiary alicyclic amines) is 1. The second-order valence-electron chi connectivity index (χ2n) is 3.34. The standard InChI is InChI=1S/C8H10FNO4/c1-4-2-5(11)10(6(12)3-4)7(9)8(13)14/h4,7H,2-3H2,1H3,(H,13,14). The minimum atomic E-state index is -2.55. The third-order valence-corrected chi connectivity index (χ3v) is 2.01. The molecule has 0 aliphatic carbocycles. The lowest BCUT2D eigenvalue weighted by Crippen LogP contribution is -2.50. The zero-order valence-electron chi connectivity index (χ0n) is 7.57. The molecule has 5 nitrogen and oxygen atoms in total. The summed E-state index contributed by atoms with van der Waals surface area (Å²) < 4.78 is 12.9. The summed E-state index contributed by atoms with van der Waals surface area (Å²) >= 11 is 0. The van der Waals surface area contributed by atoms with Crippen LogP contribution < -0.4 is 0 Å². The number of hydrogen-bond acceptors (Lipinski definition) is 3. The van der Waals surface area contributed by atoms with Crippen LogP contribution in [0.5, 0.6) is 0 Å². The van der Waals surface area contributed by atoms with Gasteiger partial charge in [-0.2, -0.15) is 0 Å². The van der Waals surface area contributed by atoms with Gasteiger partial charge in [0, 0.05) is 12.8 Å². The van der Waals surface area contributed by atoms with E-state index < -0.39 is 24.1 Å². The van der Waals surface area contributed by atoms with Gasteiger partial charge in [0.15, 0.2) is 0 Å². The number of rotatable bonds is 2. The molecule has 0 bridgehead atoms. The molecule has 0 spiro atoms. The van der Waals surface area contributed by atoms with Crippen molar-refractivity contribution in [3.05, 3.63) is 0 Å². The van der Waals surface area contributed by atoms with Gasteiger partial charge >= 0.3 is 5.97 Å². The second-order valence-corrected chi connectivity index (χ2v) is 3.34. The Morgan fingerprint density at radius 1 is 1.50 bits per heavy atom. The molecule has 0 radical (unpaired) electrons. The normalized spacial score (nSPS) is 21.1. The molecular weight excluding hydrogens is 193 g/mol. The summed E-state index contributed by atoms with van der Waals surface area (Å²) in [6.45, 7) is 1.68. The van der Waals surface area contributed by atoms with Crippen molar-refractivity contribution in [1.29, 1.82) is 0 Å². The van der Waals surface area contributed by atoms with Gasteiger partial charge in [-0.25, -0.2) is 14.1 Å². The van der Waals surface area contributed by atoms with Crippen LogP contribution in [0.3, 0.4) is 0 Å². The van der Waals surface area contributed by atoms with Crippen molar-refractivity contribution in [2.24, 2.45) is 5.92 Å². The Kier molecular flexibility index (Phi) is 2.83. The minimum absolute atomic E-state index is 0.0133. The molecule has 0 saturated carbocycles. The van der Waals surface area contributed by atoms with Gasteiger partial charge in [-0.3, -0.25) is 9.59 Å². The van der Waals surface area contributed by atoms with E-state index in [1.165, 1.54) is 0 Å². The summed E-state index contributed by atoms with van der Waals surface area (Å²) in [5, 5.41) is 8.31. The molecule has 1 aliphatic heterocycles. The number of amides is 2. The summed E-state index contributed by atoms with van der Waals surface area (Å²) in [5.74, 6) is -3.49. The molecule has 1 aliphatic rings. The van der Waals surface area contributed by atoms with Crippen LogP contribution in [0.2, 0.25) is 0 Å². The lowest BCUT2D eigenvalue weighted by atomic mass is 9.98. The predicted octanol–water partition coefficient (Wildman–Crippen LogP) is 0.152. The quantitative estimate of drug-likeness (QED) is 0.512. The average Bonchev–Trinajstić information content (AvgIpc) is 2.01. The van der Waals surface area contributed by atoms with Crippen molar-refractivity contribution in [3.63, 3.8) is 0 Å². The van der Waals surface area contributed by atoms with Gasteiger partial charge in [0.25, 0.3) is 6.30 Å². The van der Waals surface area contributed by atoms with E-state index in [0.717, 1.165) is 0 Å². The SMILES string of the molecule is CC1CC(=O)N(C(F)C(=O)O)C(=O)C1. The summed E-state index contributed by atoms with van der Waals surface area (Å²) in [6.07, 6.45) is -2.53. The Morgan fingerprint density at radius 2 is 1.93 bits per heavy atom. The maximum Gasteiger partial charge on any atom is 0.360 e. The lowest BCUT2D eigenvalue weighted by molar-refractivity contribution is -0.168. The number of nitrogens with zero attached hydrogens (tertiary/aromatic N) is 1. The number of aliphatic carboxylic acids is 1. The summed E-state index contributed by atoms with van der Waals surface area (Å²) in [7, 11) is 0. The molecule has 2 amide bonds. The molecule has 6 heteroatoms. The van der Waals surface area contributed by atoms with E-state index in [1.807, 2.05) is 0 Å². The third kappa shape index (κ3) is 1.89. The fraction of sp³-hybridized carbons (Fsp3) is 0.625. The molecule has 1 fully saturated rings. The third-order valence-electron chi connectivity index (χ3n) is 2.01. The van der Waals surface area contributed by atoms with Crippen LogP contribution in [0.4, 0.5) is 4.39 Å². The van der Waals surface area contributed by atoms with Crippen LogP contribution in [0.1, 0.15) is 19.8 Å². The summed E-state index contributed by atoms with van der Waals surface area (Å²) in [5.41, 5.74) is 0. The van der Waals surface area contributed by atoms with E-state index in [4.69, 9.17) is 5.11 Å². The van der Waals surface area contributed by atoms with Crippen LogP contribution in [0.25, 0.3) is 0 Å². The Morgan fingerprint density at radius 3 is 2.29 bits per heavy atom. The molecule has 0 aromatic heterocycles. The topological polar surface area (TPSA) is 74.7 Å². The first kappa shape index (κ1) is 10.6. The first-order chi connectivity index (χ1) is 6.43. The average molecular weight is 203 g/mol. The van der Waals surface area contributed by atoms with Crippen molar-refractivity contribution >= 4 is 17.8 Å². The van der Waals surface area contributed by atoms with E-state index >= 15 is 0 Å². The van der Waals surface area contributed by atoms with Crippen molar-refractivity contribution in [2.75, 3.05) is 0 Å². The molecule has 1 heterocycles. The Hall–Kier alpha value is -1.46. The number of carbonyl (C=O) groups excluding carboxylic acids is 2. The lowest BCUT2D eigenvalue weighted by Gasteiger charge is -2.28. The zero-order chi connectivity index (χ0) is 10.9. The number of alkyl halides is 1. The fourth-order valence-electron chi connectivity index (χ4n) is 1.37.